The number of benzene rings is 2. The van der Waals surface area contributed by atoms with Gasteiger partial charge in [-0.2, -0.15) is 5.26 Å². The highest BCUT2D eigenvalue weighted by Gasteiger charge is 2.15. The molecule has 2 aromatic carbocycles. The molecule has 4 heteroatoms. The molecule has 2 aromatic rings. The Morgan fingerprint density at radius 3 is 2.58 bits per heavy atom. The van der Waals surface area contributed by atoms with Gasteiger partial charge < -0.3 is 4.90 Å². The van der Waals surface area contributed by atoms with Crippen molar-refractivity contribution in [2.24, 2.45) is 0 Å². The van der Waals surface area contributed by atoms with Gasteiger partial charge in [0.25, 0.3) is 0 Å². The second-order valence-corrected chi connectivity index (χ2v) is 4.88. The van der Waals surface area contributed by atoms with Crippen molar-refractivity contribution in [2.75, 3.05) is 11.4 Å². The summed E-state index contributed by atoms with van der Waals surface area (Å²) in [6.07, 6.45) is 0. The predicted octanol–water partition coefficient (Wildman–Crippen LogP) is 4.62. The maximum atomic E-state index is 13.9. The predicted molar refractivity (Wildman–Crippen MR) is 77.9 cm³/mol. The fourth-order valence-corrected chi connectivity index (χ4v) is 2.31. The molecule has 96 valence electrons. The van der Waals surface area contributed by atoms with Crippen molar-refractivity contribution in [3.05, 3.63) is 58.3 Å². The summed E-state index contributed by atoms with van der Waals surface area (Å²) in [5, 5.41) is 9.18. The Bertz CT molecular complexity index is 634. The van der Waals surface area contributed by atoms with E-state index in [0.717, 1.165) is 4.47 Å². The first-order valence-electron chi connectivity index (χ1n) is 5.89. The first kappa shape index (κ1) is 13.6. The standard InChI is InChI=1S/C15H12BrFN2/c1-2-19(14-6-4-3-5-13(14)17)15-9-12(16)8-7-11(15)10-18/h3-9H,2H2,1H3. The van der Waals surface area contributed by atoms with E-state index in [4.69, 9.17) is 0 Å². The summed E-state index contributed by atoms with van der Waals surface area (Å²) in [7, 11) is 0. The van der Waals surface area contributed by atoms with Crippen molar-refractivity contribution in [3.8, 4) is 6.07 Å². The largest absolute Gasteiger partial charge is 0.338 e. The fourth-order valence-electron chi connectivity index (χ4n) is 1.96. The first-order valence-corrected chi connectivity index (χ1v) is 6.68. The van der Waals surface area contributed by atoms with E-state index < -0.39 is 0 Å². The van der Waals surface area contributed by atoms with Crippen LogP contribution in [-0.2, 0) is 0 Å². The Balaban J connectivity index is 2.58. The Morgan fingerprint density at radius 1 is 1.21 bits per heavy atom. The summed E-state index contributed by atoms with van der Waals surface area (Å²) in [5.74, 6) is -0.298. The second-order valence-electron chi connectivity index (χ2n) is 3.97. The van der Waals surface area contributed by atoms with Crippen LogP contribution in [0, 0.1) is 17.1 Å². The van der Waals surface area contributed by atoms with Crippen LogP contribution in [0.3, 0.4) is 0 Å². The fraction of sp³-hybridized carbons (Fsp3) is 0.133. The molecule has 0 aliphatic rings. The van der Waals surface area contributed by atoms with Crippen LogP contribution in [-0.4, -0.2) is 6.54 Å². The second kappa shape index (κ2) is 5.85. The van der Waals surface area contributed by atoms with Gasteiger partial charge in [0.15, 0.2) is 0 Å². The summed E-state index contributed by atoms with van der Waals surface area (Å²) in [4.78, 5) is 1.79. The van der Waals surface area contributed by atoms with E-state index in [9.17, 15) is 9.65 Å². The van der Waals surface area contributed by atoms with E-state index in [1.807, 2.05) is 13.0 Å². The molecule has 0 spiro atoms. The van der Waals surface area contributed by atoms with Crippen LogP contribution in [0.5, 0.6) is 0 Å². The van der Waals surface area contributed by atoms with Gasteiger partial charge in [-0.15, -0.1) is 0 Å². The maximum Gasteiger partial charge on any atom is 0.146 e. The normalized spacial score (nSPS) is 10.0. The number of hydrogen-bond donors (Lipinski definition) is 0. The number of anilines is 2. The van der Waals surface area contributed by atoms with Crippen LogP contribution < -0.4 is 4.90 Å². The van der Waals surface area contributed by atoms with Gasteiger partial charge in [0.05, 0.1) is 16.9 Å². The molecule has 0 amide bonds. The molecule has 0 radical (unpaired) electrons. The average Bonchev–Trinajstić information content (AvgIpc) is 2.42. The highest BCUT2D eigenvalue weighted by molar-refractivity contribution is 9.10. The Morgan fingerprint density at radius 2 is 1.95 bits per heavy atom. The van der Waals surface area contributed by atoms with E-state index >= 15 is 0 Å². The molecular formula is C15H12BrFN2. The molecular weight excluding hydrogens is 307 g/mol. The summed E-state index contributed by atoms with van der Waals surface area (Å²) < 4.78 is 14.8. The molecule has 0 saturated heterocycles. The lowest BCUT2D eigenvalue weighted by Gasteiger charge is -2.24. The number of nitrogens with zero attached hydrogens (tertiary/aromatic N) is 2. The van der Waals surface area contributed by atoms with Crippen molar-refractivity contribution in [1.29, 1.82) is 5.26 Å². The first-order chi connectivity index (χ1) is 9.17. The van der Waals surface area contributed by atoms with Crippen LogP contribution in [0.1, 0.15) is 12.5 Å². The van der Waals surface area contributed by atoms with Crippen molar-refractivity contribution >= 4 is 27.3 Å². The van der Waals surface area contributed by atoms with Crippen molar-refractivity contribution in [2.45, 2.75) is 6.92 Å². The molecule has 19 heavy (non-hydrogen) atoms. The van der Waals surface area contributed by atoms with Gasteiger partial charge in [-0.1, -0.05) is 28.1 Å². The molecule has 0 aromatic heterocycles. The average molecular weight is 319 g/mol. The summed E-state index contributed by atoms with van der Waals surface area (Å²) >= 11 is 3.38. The smallest absolute Gasteiger partial charge is 0.146 e. The van der Waals surface area contributed by atoms with Gasteiger partial charge >= 0.3 is 0 Å². The van der Waals surface area contributed by atoms with Crippen LogP contribution in [0.25, 0.3) is 0 Å². The lowest BCUT2D eigenvalue weighted by atomic mass is 10.1. The quantitative estimate of drug-likeness (QED) is 0.825. The molecule has 0 fully saturated rings. The SMILES string of the molecule is CCN(c1ccccc1F)c1cc(Br)ccc1C#N. The zero-order chi connectivity index (χ0) is 13.8. The molecule has 0 heterocycles. The van der Waals surface area contributed by atoms with Gasteiger partial charge in [-0.3, -0.25) is 0 Å². The third kappa shape index (κ3) is 2.77. The lowest BCUT2D eigenvalue weighted by Crippen LogP contribution is -2.18. The van der Waals surface area contributed by atoms with Crippen LogP contribution in [0.15, 0.2) is 46.9 Å². The monoisotopic (exact) mass is 318 g/mol. The van der Waals surface area contributed by atoms with E-state index in [2.05, 4.69) is 22.0 Å². The van der Waals surface area contributed by atoms with Gasteiger partial charge in [0, 0.05) is 11.0 Å². The minimum absolute atomic E-state index is 0.298. The lowest BCUT2D eigenvalue weighted by molar-refractivity contribution is 0.625. The molecule has 2 rings (SSSR count). The van der Waals surface area contributed by atoms with E-state index in [-0.39, 0.29) is 5.82 Å². The highest BCUT2D eigenvalue weighted by atomic mass is 79.9. The van der Waals surface area contributed by atoms with Crippen molar-refractivity contribution in [1.82, 2.24) is 0 Å². The van der Waals surface area contributed by atoms with E-state index in [1.54, 1.807) is 35.2 Å². The topological polar surface area (TPSA) is 27.0 Å². The number of nitriles is 1. The molecule has 0 bridgehead atoms. The zero-order valence-electron chi connectivity index (χ0n) is 10.4. The van der Waals surface area contributed by atoms with Crippen LogP contribution >= 0.6 is 15.9 Å². The van der Waals surface area contributed by atoms with Crippen molar-refractivity contribution in [3.63, 3.8) is 0 Å². The zero-order valence-corrected chi connectivity index (χ0v) is 12.0. The highest BCUT2D eigenvalue weighted by Crippen LogP contribution is 2.32. The van der Waals surface area contributed by atoms with Gasteiger partial charge in [-0.25, -0.2) is 4.39 Å². The van der Waals surface area contributed by atoms with Gasteiger partial charge in [0.1, 0.15) is 11.9 Å². The number of hydrogen-bond acceptors (Lipinski definition) is 2. The molecule has 0 N–H and O–H groups in total. The van der Waals surface area contributed by atoms with Gasteiger partial charge in [-0.05, 0) is 37.3 Å². The maximum absolute atomic E-state index is 13.9. The van der Waals surface area contributed by atoms with E-state index in [0.29, 0.717) is 23.5 Å². The van der Waals surface area contributed by atoms with Gasteiger partial charge in [0.2, 0.25) is 0 Å². The third-order valence-corrected chi connectivity index (χ3v) is 3.32. The minimum atomic E-state index is -0.298. The molecule has 0 aliphatic heterocycles. The molecule has 0 saturated carbocycles. The Hall–Kier alpha value is -1.86. The Labute approximate surface area is 120 Å². The third-order valence-electron chi connectivity index (χ3n) is 2.83. The van der Waals surface area contributed by atoms with Crippen molar-refractivity contribution < 1.29 is 4.39 Å². The van der Waals surface area contributed by atoms with Crippen LogP contribution in [0.2, 0.25) is 0 Å². The summed E-state index contributed by atoms with van der Waals surface area (Å²) in [5.41, 5.74) is 1.69. The van der Waals surface area contributed by atoms with Crippen LogP contribution in [0.4, 0.5) is 15.8 Å². The summed E-state index contributed by atoms with van der Waals surface area (Å²) in [6, 6.07) is 14.1. The minimum Gasteiger partial charge on any atom is -0.338 e. The Kier molecular flexibility index (Phi) is 4.18. The molecule has 0 aliphatic carbocycles. The number of para-hydroxylation sites is 1. The molecule has 0 unspecified atom stereocenters. The number of halogens is 2. The summed E-state index contributed by atoms with van der Waals surface area (Å²) in [6.45, 7) is 2.50. The molecule has 0 atom stereocenters. The van der Waals surface area contributed by atoms with E-state index in [1.165, 1.54) is 6.07 Å². The number of rotatable bonds is 3. The molecule has 2 nitrogen and oxygen atoms in total.